The molecule has 0 unspecified atom stereocenters. The summed E-state index contributed by atoms with van der Waals surface area (Å²) in [5.74, 6) is 0.821. The molecule has 0 spiro atoms. The van der Waals surface area contributed by atoms with Crippen LogP contribution < -0.4 is 5.43 Å². The van der Waals surface area contributed by atoms with Crippen LogP contribution in [0.1, 0.15) is 29.2 Å². The maximum absolute atomic E-state index is 4.71. The third kappa shape index (κ3) is 2.88. The maximum atomic E-state index is 4.71. The molecule has 0 aromatic heterocycles. The number of hydrogen-bond donors (Lipinski definition) is 2. The second kappa shape index (κ2) is 5.89. The number of amidine groups is 1. The highest BCUT2D eigenvalue weighted by atomic mass is 32.1. The molecule has 4 heteroatoms. The van der Waals surface area contributed by atoms with E-state index in [1.165, 1.54) is 11.1 Å². The molecule has 2 aromatic carbocycles. The first-order chi connectivity index (χ1) is 10.5. The molecule has 22 heavy (non-hydrogen) atoms. The van der Waals surface area contributed by atoms with Gasteiger partial charge in [0.15, 0.2) is 0 Å². The first kappa shape index (κ1) is 14.7. The minimum absolute atomic E-state index is 0.821. The zero-order chi connectivity index (χ0) is 15.7. The SMILES string of the molecule is CC1=NC(c2ccc(C)cc2)=C(c2ccc(C)cc2)N(S)N1. The van der Waals surface area contributed by atoms with Gasteiger partial charge in [-0.05, 0) is 33.6 Å². The first-order valence-electron chi connectivity index (χ1n) is 7.24. The molecular weight excluding hydrogens is 290 g/mol. The van der Waals surface area contributed by atoms with Gasteiger partial charge in [-0.25, -0.2) is 9.41 Å². The Morgan fingerprint density at radius 1 is 0.818 bits per heavy atom. The minimum atomic E-state index is 0.821. The molecule has 0 fully saturated rings. The lowest BCUT2D eigenvalue weighted by atomic mass is 10.0. The lowest BCUT2D eigenvalue weighted by molar-refractivity contribution is 0.592. The summed E-state index contributed by atoms with van der Waals surface area (Å²) in [5.41, 5.74) is 9.66. The van der Waals surface area contributed by atoms with Crippen molar-refractivity contribution in [2.75, 3.05) is 0 Å². The molecule has 1 aliphatic heterocycles. The van der Waals surface area contributed by atoms with Gasteiger partial charge in [-0.3, -0.25) is 5.43 Å². The number of aryl methyl sites for hydroxylation is 2. The molecule has 0 radical (unpaired) electrons. The highest BCUT2D eigenvalue weighted by molar-refractivity contribution is 7.78. The van der Waals surface area contributed by atoms with Crippen LogP contribution in [0.4, 0.5) is 0 Å². The van der Waals surface area contributed by atoms with Crippen molar-refractivity contribution in [2.24, 2.45) is 4.99 Å². The van der Waals surface area contributed by atoms with Gasteiger partial charge >= 0.3 is 0 Å². The fraction of sp³-hybridized carbons (Fsp3) is 0.167. The predicted molar refractivity (Wildman–Crippen MR) is 96.2 cm³/mol. The highest BCUT2D eigenvalue weighted by Crippen LogP contribution is 2.33. The van der Waals surface area contributed by atoms with Gasteiger partial charge in [0.25, 0.3) is 0 Å². The molecule has 0 aliphatic carbocycles. The molecule has 0 amide bonds. The van der Waals surface area contributed by atoms with E-state index < -0.39 is 0 Å². The summed E-state index contributed by atoms with van der Waals surface area (Å²) >= 11 is 4.57. The van der Waals surface area contributed by atoms with Gasteiger partial charge in [-0.2, -0.15) is 0 Å². The Kier molecular flexibility index (Phi) is 3.94. The number of hydrogen-bond acceptors (Lipinski definition) is 4. The fourth-order valence-corrected chi connectivity index (χ4v) is 2.79. The van der Waals surface area contributed by atoms with Crippen molar-refractivity contribution in [3.8, 4) is 0 Å². The second-order valence-corrected chi connectivity index (χ2v) is 5.95. The Labute approximate surface area is 136 Å². The van der Waals surface area contributed by atoms with E-state index in [-0.39, 0.29) is 0 Å². The summed E-state index contributed by atoms with van der Waals surface area (Å²) in [6.07, 6.45) is 0. The Bertz CT molecular complexity index is 743. The summed E-state index contributed by atoms with van der Waals surface area (Å²) in [5, 5.41) is 0. The van der Waals surface area contributed by atoms with Crippen molar-refractivity contribution in [2.45, 2.75) is 20.8 Å². The molecule has 0 atom stereocenters. The fourth-order valence-electron chi connectivity index (χ4n) is 2.44. The molecule has 3 nitrogen and oxygen atoms in total. The predicted octanol–water partition coefficient (Wildman–Crippen LogP) is 4.21. The van der Waals surface area contributed by atoms with Gasteiger partial charge < -0.3 is 0 Å². The average molecular weight is 309 g/mol. The summed E-state index contributed by atoms with van der Waals surface area (Å²) in [6, 6.07) is 16.8. The number of nitrogens with zero attached hydrogens (tertiary/aromatic N) is 2. The van der Waals surface area contributed by atoms with Crippen molar-refractivity contribution in [1.82, 2.24) is 9.84 Å². The number of thiol groups is 1. The highest BCUT2D eigenvalue weighted by Gasteiger charge is 2.21. The molecule has 1 heterocycles. The van der Waals surface area contributed by atoms with Crippen LogP contribution in [0.5, 0.6) is 0 Å². The van der Waals surface area contributed by atoms with Crippen molar-refractivity contribution >= 4 is 30.0 Å². The van der Waals surface area contributed by atoms with Crippen LogP contribution in [-0.4, -0.2) is 10.2 Å². The first-order valence-corrected chi connectivity index (χ1v) is 7.64. The zero-order valence-corrected chi connectivity index (χ0v) is 13.9. The second-order valence-electron chi connectivity index (χ2n) is 5.55. The van der Waals surface area contributed by atoms with Crippen LogP contribution in [0, 0.1) is 13.8 Å². The smallest absolute Gasteiger partial charge is 0.119 e. The Morgan fingerprint density at radius 3 is 1.86 bits per heavy atom. The van der Waals surface area contributed by atoms with E-state index in [0.29, 0.717) is 0 Å². The largest absolute Gasteiger partial charge is 0.275 e. The minimum Gasteiger partial charge on any atom is -0.275 e. The van der Waals surface area contributed by atoms with Gasteiger partial charge in [0.2, 0.25) is 0 Å². The standard InChI is InChI=1S/C18H19N3S/c1-12-4-8-15(9-5-12)17-18(21(22)20-14(3)19-17)16-10-6-13(2)7-11-16/h4-11,22H,1-3H3,(H,19,20). The number of benzene rings is 2. The van der Waals surface area contributed by atoms with Gasteiger partial charge in [-0.1, -0.05) is 59.7 Å². The van der Waals surface area contributed by atoms with E-state index in [0.717, 1.165) is 28.4 Å². The van der Waals surface area contributed by atoms with E-state index in [1.54, 1.807) is 4.41 Å². The van der Waals surface area contributed by atoms with Crippen LogP contribution in [0.15, 0.2) is 53.5 Å². The van der Waals surface area contributed by atoms with Gasteiger partial charge in [0.05, 0.1) is 5.70 Å². The molecule has 0 saturated heterocycles. The van der Waals surface area contributed by atoms with Crippen molar-refractivity contribution in [3.63, 3.8) is 0 Å². The van der Waals surface area contributed by atoms with E-state index in [9.17, 15) is 0 Å². The van der Waals surface area contributed by atoms with Gasteiger partial charge in [-0.15, -0.1) is 0 Å². The number of hydrazine groups is 1. The molecule has 0 bridgehead atoms. The quantitative estimate of drug-likeness (QED) is 0.813. The zero-order valence-electron chi connectivity index (χ0n) is 13.0. The van der Waals surface area contributed by atoms with Crippen molar-refractivity contribution in [1.29, 1.82) is 0 Å². The monoisotopic (exact) mass is 309 g/mol. The van der Waals surface area contributed by atoms with Gasteiger partial charge in [0, 0.05) is 11.1 Å². The molecular formula is C18H19N3S. The van der Waals surface area contributed by atoms with Crippen molar-refractivity contribution in [3.05, 3.63) is 70.8 Å². The summed E-state index contributed by atoms with van der Waals surface area (Å²) in [6.45, 7) is 6.10. The molecule has 0 saturated carbocycles. The summed E-state index contributed by atoms with van der Waals surface area (Å²) in [7, 11) is 0. The van der Waals surface area contributed by atoms with E-state index >= 15 is 0 Å². The molecule has 112 valence electrons. The molecule has 1 N–H and O–H groups in total. The third-order valence-electron chi connectivity index (χ3n) is 3.63. The Hall–Kier alpha value is -2.20. The lowest BCUT2D eigenvalue weighted by Crippen LogP contribution is -2.36. The number of rotatable bonds is 2. The average Bonchev–Trinajstić information content (AvgIpc) is 2.49. The van der Waals surface area contributed by atoms with Crippen LogP contribution in [0.3, 0.4) is 0 Å². The van der Waals surface area contributed by atoms with Crippen LogP contribution in [-0.2, 0) is 0 Å². The maximum Gasteiger partial charge on any atom is 0.119 e. The molecule has 2 aromatic rings. The van der Waals surface area contributed by atoms with Crippen LogP contribution in [0.2, 0.25) is 0 Å². The van der Waals surface area contributed by atoms with Crippen molar-refractivity contribution < 1.29 is 0 Å². The Morgan fingerprint density at radius 2 is 1.32 bits per heavy atom. The van der Waals surface area contributed by atoms with E-state index in [4.69, 9.17) is 4.99 Å². The topological polar surface area (TPSA) is 27.6 Å². The van der Waals surface area contributed by atoms with Gasteiger partial charge in [0.1, 0.15) is 11.5 Å². The van der Waals surface area contributed by atoms with Crippen LogP contribution in [0.25, 0.3) is 11.4 Å². The van der Waals surface area contributed by atoms with Crippen LogP contribution >= 0.6 is 12.8 Å². The molecule has 3 rings (SSSR count). The lowest BCUT2D eigenvalue weighted by Gasteiger charge is -2.29. The Balaban J connectivity index is 2.19. The molecule has 1 aliphatic rings. The normalized spacial score (nSPS) is 14.7. The van der Waals surface area contributed by atoms with E-state index in [2.05, 4.69) is 80.6 Å². The third-order valence-corrected chi connectivity index (χ3v) is 3.93. The summed E-state index contributed by atoms with van der Waals surface area (Å²) in [4.78, 5) is 4.71. The number of nitrogens with one attached hydrogen (secondary N) is 1. The summed E-state index contributed by atoms with van der Waals surface area (Å²) < 4.78 is 1.74. The number of aliphatic imine (C=N–C) groups is 1. The van der Waals surface area contributed by atoms with E-state index in [1.807, 2.05) is 6.92 Å².